The lowest BCUT2D eigenvalue weighted by atomic mass is 10.0. The summed E-state index contributed by atoms with van der Waals surface area (Å²) in [5, 5.41) is 1.68. The monoisotopic (exact) mass is 258 g/mol. The van der Waals surface area contributed by atoms with Gasteiger partial charge in [-0.05, 0) is 19.1 Å². The smallest absolute Gasteiger partial charge is 0.315 e. The molecule has 1 aliphatic rings. The van der Waals surface area contributed by atoms with Crippen LogP contribution in [0.4, 0.5) is 23.7 Å². The number of benzene rings is 1. The first-order valence-corrected chi connectivity index (χ1v) is 5.06. The molecule has 1 N–H and O–H groups in total. The van der Waals surface area contributed by atoms with E-state index in [1.807, 2.05) is 0 Å². The number of halogens is 3. The van der Waals surface area contributed by atoms with Gasteiger partial charge in [0.25, 0.3) is 5.91 Å². The van der Waals surface area contributed by atoms with Crippen LogP contribution in [0.2, 0.25) is 0 Å². The van der Waals surface area contributed by atoms with Gasteiger partial charge < -0.3 is 5.32 Å². The van der Waals surface area contributed by atoms with Crippen molar-refractivity contribution in [3.05, 3.63) is 30.3 Å². The Bertz CT molecular complexity index is 501. The third-order valence-electron chi connectivity index (χ3n) is 2.77. The van der Waals surface area contributed by atoms with Crippen molar-refractivity contribution in [2.75, 3.05) is 4.90 Å². The van der Waals surface area contributed by atoms with Crippen LogP contribution in [0.1, 0.15) is 6.92 Å². The van der Waals surface area contributed by atoms with Gasteiger partial charge in [0.15, 0.2) is 0 Å². The van der Waals surface area contributed by atoms with E-state index in [1.165, 1.54) is 24.3 Å². The van der Waals surface area contributed by atoms with Gasteiger partial charge in [0, 0.05) is 0 Å². The van der Waals surface area contributed by atoms with Crippen LogP contribution in [-0.2, 0) is 4.79 Å². The number of urea groups is 1. The number of alkyl halides is 3. The first-order valence-electron chi connectivity index (χ1n) is 5.06. The number of carbonyl (C=O) groups excluding carboxylic acids is 2. The molecular weight excluding hydrogens is 249 g/mol. The first-order chi connectivity index (χ1) is 8.27. The molecule has 4 nitrogen and oxygen atoms in total. The Balaban J connectivity index is 2.43. The van der Waals surface area contributed by atoms with Crippen molar-refractivity contribution in [1.82, 2.24) is 5.32 Å². The SMILES string of the molecule is CC1(C(F)(F)F)NC(=O)N(c2ccccc2)C1=O. The van der Waals surface area contributed by atoms with Crippen LogP contribution < -0.4 is 10.2 Å². The van der Waals surface area contributed by atoms with Crippen molar-refractivity contribution in [3.8, 4) is 0 Å². The molecule has 0 spiro atoms. The molecule has 0 radical (unpaired) electrons. The largest absolute Gasteiger partial charge is 0.420 e. The molecule has 7 heteroatoms. The van der Waals surface area contributed by atoms with Gasteiger partial charge in [0.2, 0.25) is 5.54 Å². The normalized spacial score (nSPS) is 24.3. The molecule has 3 amide bonds. The number of amides is 3. The predicted molar refractivity (Wildman–Crippen MR) is 56.9 cm³/mol. The summed E-state index contributed by atoms with van der Waals surface area (Å²) in [4.78, 5) is 23.8. The summed E-state index contributed by atoms with van der Waals surface area (Å²) >= 11 is 0. The molecule has 0 bridgehead atoms. The molecule has 1 unspecified atom stereocenters. The zero-order valence-electron chi connectivity index (χ0n) is 9.28. The number of hydrogen-bond donors (Lipinski definition) is 1. The fraction of sp³-hybridized carbons (Fsp3) is 0.273. The lowest BCUT2D eigenvalue weighted by Crippen LogP contribution is -2.56. The molecule has 0 aliphatic carbocycles. The second-order valence-electron chi connectivity index (χ2n) is 4.03. The van der Waals surface area contributed by atoms with E-state index in [2.05, 4.69) is 0 Å². The third kappa shape index (κ3) is 1.62. The van der Waals surface area contributed by atoms with Crippen LogP contribution >= 0.6 is 0 Å². The van der Waals surface area contributed by atoms with Crippen molar-refractivity contribution in [1.29, 1.82) is 0 Å². The summed E-state index contributed by atoms with van der Waals surface area (Å²) in [7, 11) is 0. The van der Waals surface area contributed by atoms with Crippen LogP contribution in [0.5, 0.6) is 0 Å². The fourth-order valence-corrected chi connectivity index (χ4v) is 1.64. The summed E-state index contributed by atoms with van der Waals surface area (Å²) in [5.41, 5.74) is -2.77. The Morgan fingerprint density at radius 1 is 1.17 bits per heavy atom. The van der Waals surface area contributed by atoms with Gasteiger partial charge in [-0.3, -0.25) is 4.79 Å². The van der Waals surface area contributed by atoms with Gasteiger partial charge in [-0.25, -0.2) is 9.69 Å². The molecule has 96 valence electrons. The number of nitrogens with zero attached hydrogens (tertiary/aromatic N) is 1. The third-order valence-corrected chi connectivity index (χ3v) is 2.77. The number of anilines is 1. The maximum atomic E-state index is 12.8. The Labute approximate surface area is 100 Å². The van der Waals surface area contributed by atoms with E-state index in [1.54, 1.807) is 11.4 Å². The Hall–Kier alpha value is -2.05. The lowest BCUT2D eigenvalue weighted by Gasteiger charge is -2.24. The molecule has 0 saturated carbocycles. The van der Waals surface area contributed by atoms with E-state index in [0.29, 0.717) is 11.8 Å². The van der Waals surface area contributed by atoms with Crippen molar-refractivity contribution in [3.63, 3.8) is 0 Å². The van der Waals surface area contributed by atoms with Gasteiger partial charge in [0.1, 0.15) is 0 Å². The minimum Gasteiger partial charge on any atom is -0.315 e. The standard InChI is InChI=1S/C11H9F3N2O2/c1-10(11(12,13)14)8(17)16(9(18)15-10)7-5-3-2-4-6-7/h2-6H,1H3,(H,15,18). The average Bonchev–Trinajstić information content (AvgIpc) is 2.51. The van der Waals surface area contributed by atoms with Gasteiger partial charge in [-0.1, -0.05) is 18.2 Å². The minimum atomic E-state index is -4.84. The summed E-state index contributed by atoms with van der Waals surface area (Å²) < 4.78 is 38.4. The molecule has 1 atom stereocenters. The zero-order valence-corrected chi connectivity index (χ0v) is 9.28. The molecule has 1 aromatic carbocycles. The van der Waals surface area contributed by atoms with Gasteiger partial charge in [-0.2, -0.15) is 13.2 Å². The van der Waals surface area contributed by atoms with E-state index in [-0.39, 0.29) is 5.69 Å². The highest BCUT2D eigenvalue weighted by Crippen LogP contribution is 2.36. The van der Waals surface area contributed by atoms with Crippen LogP contribution in [0.3, 0.4) is 0 Å². The van der Waals surface area contributed by atoms with Gasteiger partial charge in [0.05, 0.1) is 5.69 Å². The van der Waals surface area contributed by atoms with Crippen molar-refractivity contribution < 1.29 is 22.8 Å². The van der Waals surface area contributed by atoms with E-state index >= 15 is 0 Å². The second kappa shape index (κ2) is 3.72. The van der Waals surface area contributed by atoms with E-state index in [0.717, 1.165) is 0 Å². The minimum absolute atomic E-state index is 0.105. The predicted octanol–water partition coefficient (Wildman–Crippen LogP) is 2.06. The molecule has 1 saturated heterocycles. The highest BCUT2D eigenvalue weighted by atomic mass is 19.4. The van der Waals surface area contributed by atoms with Crippen LogP contribution in [-0.4, -0.2) is 23.7 Å². The first kappa shape index (κ1) is 12.4. The topological polar surface area (TPSA) is 49.4 Å². The number of hydrogen-bond acceptors (Lipinski definition) is 2. The van der Waals surface area contributed by atoms with Crippen molar-refractivity contribution in [2.45, 2.75) is 18.6 Å². The zero-order chi connectivity index (χ0) is 13.6. The number of nitrogens with one attached hydrogen (secondary N) is 1. The quantitative estimate of drug-likeness (QED) is 0.784. The van der Waals surface area contributed by atoms with E-state index < -0.39 is 23.7 Å². The molecule has 2 rings (SSSR count). The summed E-state index contributed by atoms with van der Waals surface area (Å²) in [5.74, 6) is -1.33. The number of imide groups is 1. The maximum Gasteiger partial charge on any atom is 0.420 e. The van der Waals surface area contributed by atoms with E-state index in [9.17, 15) is 22.8 Å². The van der Waals surface area contributed by atoms with Crippen LogP contribution in [0, 0.1) is 0 Å². The number of carbonyl (C=O) groups is 2. The molecule has 18 heavy (non-hydrogen) atoms. The fourth-order valence-electron chi connectivity index (χ4n) is 1.64. The highest BCUT2D eigenvalue weighted by Gasteiger charge is 2.64. The molecule has 1 aromatic rings. The number of rotatable bonds is 1. The highest BCUT2D eigenvalue weighted by molar-refractivity contribution is 6.23. The molecule has 1 aliphatic heterocycles. The van der Waals surface area contributed by atoms with Crippen molar-refractivity contribution in [2.24, 2.45) is 0 Å². The van der Waals surface area contributed by atoms with E-state index in [4.69, 9.17) is 0 Å². The van der Waals surface area contributed by atoms with Crippen molar-refractivity contribution >= 4 is 17.6 Å². The summed E-state index contributed by atoms with van der Waals surface area (Å²) in [6, 6.07) is 6.38. The second-order valence-corrected chi connectivity index (χ2v) is 4.03. The Morgan fingerprint density at radius 3 is 2.17 bits per heavy atom. The summed E-state index contributed by atoms with van der Waals surface area (Å²) in [6.07, 6.45) is -4.84. The molecule has 1 heterocycles. The maximum absolute atomic E-state index is 12.8. The average molecular weight is 258 g/mol. The Kier molecular flexibility index (Phi) is 2.57. The van der Waals surface area contributed by atoms with Gasteiger partial charge >= 0.3 is 12.2 Å². The lowest BCUT2D eigenvalue weighted by molar-refractivity contribution is -0.187. The van der Waals surface area contributed by atoms with Gasteiger partial charge in [-0.15, -0.1) is 0 Å². The van der Waals surface area contributed by atoms with Crippen LogP contribution in [0.15, 0.2) is 30.3 Å². The van der Waals surface area contributed by atoms with Crippen LogP contribution in [0.25, 0.3) is 0 Å². The summed E-state index contributed by atoms with van der Waals surface area (Å²) in [6.45, 7) is 0.649. The Morgan fingerprint density at radius 2 is 1.72 bits per heavy atom. The number of para-hydroxylation sites is 1. The molecule has 1 fully saturated rings. The molecule has 0 aromatic heterocycles. The molecular formula is C11H9F3N2O2.